The average Bonchev–Trinajstić information content (AvgIpc) is 2.80. The number of carbonyl (C=O) groups excluding carboxylic acids is 2. The molecule has 2 N–H and O–H groups in total. The largest absolute Gasteiger partial charge is 0.354 e. The van der Waals surface area contributed by atoms with Crippen molar-refractivity contribution in [2.75, 3.05) is 10.6 Å². The summed E-state index contributed by atoms with van der Waals surface area (Å²) in [5.41, 5.74) is 4.07. The summed E-state index contributed by atoms with van der Waals surface area (Å²) >= 11 is 0. The second kappa shape index (κ2) is 7.25. The maximum Gasteiger partial charge on any atom is 0.196 e. The van der Waals surface area contributed by atoms with Gasteiger partial charge in [0.05, 0.1) is 46.3 Å². The lowest BCUT2D eigenvalue weighted by atomic mass is 9.82. The van der Waals surface area contributed by atoms with Crippen molar-refractivity contribution < 1.29 is 9.59 Å². The van der Waals surface area contributed by atoms with E-state index >= 15 is 0 Å². The molecule has 0 fully saturated rings. The fraction of sp³-hybridized carbons (Fsp3) is 0. The summed E-state index contributed by atoms with van der Waals surface area (Å²) in [6.07, 6.45) is 6.67. The summed E-state index contributed by atoms with van der Waals surface area (Å²) < 4.78 is 0. The van der Waals surface area contributed by atoms with Gasteiger partial charge in [0.2, 0.25) is 0 Å². The molecule has 0 spiro atoms. The van der Waals surface area contributed by atoms with E-state index in [1.807, 2.05) is 12.1 Å². The van der Waals surface area contributed by atoms with E-state index in [1.54, 1.807) is 73.3 Å². The molecule has 6 heteroatoms. The second-order valence-corrected chi connectivity index (χ2v) is 6.85. The number of pyridine rings is 2. The fourth-order valence-electron chi connectivity index (χ4n) is 3.62. The Bertz CT molecular complexity index is 1170. The van der Waals surface area contributed by atoms with Crippen molar-refractivity contribution in [2.45, 2.75) is 0 Å². The van der Waals surface area contributed by atoms with Crippen molar-refractivity contribution in [3.8, 4) is 0 Å². The van der Waals surface area contributed by atoms with Crippen molar-refractivity contribution >= 4 is 34.3 Å². The number of hydrogen-bond acceptors (Lipinski definition) is 6. The first-order chi connectivity index (χ1) is 14.7. The van der Waals surface area contributed by atoms with Gasteiger partial charge in [-0.2, -0.15) is 0 Å². The number of benzene rings is 2. The molecule has 0 saturated heterocycles. The molecule has 0 unspecified atom stereocenters. The number of hydrogen-bond donors (Lipinski definition) is 2. The van der Waals surface area contributed by atoms with Crippen molar-refractivity contribution in [2.24, 2.45) is 0 Å². The quantitative estimate of drug-likeness (QED) is 0.460. The van der Waals surface area contributed by atoms with Crippen LogP contribution in [0.5, 0.6) is 0 Å². The number of rotatable bonds is 4. The predicted molar refractivity (Wildman–Crippen MR) is 115 cm³/mol. The van der Waals surface area contributed by atoms with Crippen LogP contribution in [0.2, 0.25) is 0 Å². The van der Waals surface area contributed by atoms with E-state index in [-0.39, 0.29) is 11.6 Å². The van der Waals surface area contributed by atoms with Gasteiger partial charge in [0.15, 0.2) is 11.6 Å². The number of nitrogens with zero attached hydrogens (tertiary/aromatic N) is 2. The highest BCUT2D eigenvalue weighted by Crippen LogP contribution is 2.38. The number of anilines is 4. The van der Waals surface area contributed by atoms with Crippen LogP contribution in [0, 0.1) is 0 Å². The Labute approximate surface area is 172 Å². The van der Waals surface area contributed by atoms with Gasteiger partial charge in [-0.15, -0.1) is 0 Å². The summed E-state index contributed by atoms with van der Waals surface area (Å²) in [6, 6.07) is 17.8. The highest BCUT2D eigenvalue weighted by atomic mass is 16.1. The molecular formula is C24H16N4O2. The molecule has 0 radical (unpaired) electrons. The second-order valence-electron chi connectivity index (χ2n) is 6.85. The van der Waals surface area contributed by atoms with E-state index in [9.17, 15) is 9.59 Å². The fourth-order valence-corrected chi connectivity index (χ4v) is 3.62. The van der Waals surface area contributed by atoms with Gasteiger partial charge in [-0.3, -0.25) is 19.6 Å². The van der Waals surface area contributed by atoms with Gasteiger partial charge in [-0.25, -0.2) is 0 Å². The van der Waals surface area contributed by atoms with E-state index in [1.165, 1.54) is 0 Å². The van der Waals surface area contributed by atoms with Crippen LogP contribution in [0.15, 0.2) is 85.5 Å². The van der Waals surface area contributed by atoms with Gasteiger partial charge in [0.1, 0.15) is 0 Å². The van der Waals surface area contributed by atoms with Gasteiger partial charge in [0, 0.05) is 23.5 Å². The normalized spacial score (nSPS) is 12.1. The average molecular weight is 392 g/mol. The number of ketones is 2. The molecule has 2 heterocycles. The van der Waals surface area contributed by atoms with E-state index in [0.29, 0.717) is 33.6 Å². The molecule has 4 aromatic rings. The summed E-state index contributed by atoms with van der Waals surface area (Å²) in [5.74, 6) is -0.386. The Morgan fingerprint density at radius 1 is 0.567 bits per heavy atom. The number of aromatic nitrogens is 2. The standard InChI is InChI=1S/C24H16N4O2/c29-23-17-7-1-2-8-18(17)24(30)22-20(28-16-6-4-12-26-14-16)10-9-19(21(22)23)27-15-5-3-11-25-13-15/h1-14,27-28H. The van der Waals surface area contributed by atoms with Gasteiger partial charge in [0.25, 0.3) is 0 Å². The summed E-state index contributed by atoms with van der Waals surface area (Å²) in [7, 11) is 0. The zero-order valence-electron chi connectivity index (χ0n) is 15.8. The Morgan fingerprint density at radius 3 is 1.43 bits per heavy atom. The zero-order chi connectivity index (χ0) is 20.5. The van der Waals surface area contributed by atoms with Crippen LogP contribution in [0.1, 0.15) is 31.8 Å². The van der Waals surface area contributed by atoms with E-state index in [0.717, 1.165) is 11.4 Å². The highest BCUT2D eigenvalue weighted by Gasteiger charge is 2.34. The highest BCUT2D eigenvalue weighted by molar-refractivity contribution is 6.32. The van der Waals surface area contributed by atoms with E-state index < -0.39 is 0 Å². The summed E-state index contributed by atoms with van der Waals surface area (Å²) in [6.45, 7) is 0. The summed E-state index contributed by atoms with van der Waals surface area (Å²) in [5, 5.41) is 6.46. The third-order valence-electron chi connectivity index (χ3n) is 4.96. The van der Waals surface area contributed by atoms with Crippen molar-refractivity contribution in [1.82, 2.24) is 9.97 Å². The molecular weight excluding hydrogens is 376 g/mol. The third-order valence-corrected chi connectivity index (χ3v) is 4.96. The van der Waals surface area contributed by atoms with E-state index in [4.69, 9.17) is 0 Å². The molecule has 0 amide bonds. The first kappa shape index (κ1) is 17.8. The maximum absolute atomic E-state index is 13.4. The SMILES string of the molecule is O=C1c2ccccc2C(=O)c2c(Nc3cccnc3)ccc(Nc3cccnc3)c21. The molecule has 5 rings (SSSR count). The molecule has 2 aromatic heterocycles. The number of carbonyl (C=O) groups is 2. The molecule has 0 atom stereocenters. The van der Waals surface area contributed by atoms with Gasteiger partial charge >= 0.3 is 0 Å². The van der Waals surface area contributed by atoms with Crippen molar-refractivity contribution in [3.05, 3.63) is 108 Å². The van der Waals surface area contributed by atoms with Crippen LogP contribution in [0.4, 0.5) is 22.7 Å². The Morgan fingerprint density at radius 2 is 1.03 bits per heavy atom. The molecule has 0 aliphatic heterocycles. The summed E-state index contributed by atoms with van der Waals surface area (Å²) in [4.78, 5) is 35.0. The minimum Gasteiger partial charge on any atom is -0.354 e. The third kappa shape index (κ3) is 3.00. The van der Waals surface area contributed by atoms with Crippen LogP contribution < -0.4 is 10.6 Å². The molecule has 2 aromatic carbocycles. The topological polar surface area (TPSA) is 84.0 Å². The molecule has 0 saturated carbocycles. The maximum atomic E-state index is 13.4. The van der Waals surface area contributed by atoms with Crippen molar-refractivity contribution in [3.63, 3.8) is 0 Å². The first-order valence-corrected chi connectivity index (χ1v) is 9.42. The van der Waals surface area contributed by atoms with Crippen LogP contribution >= 0.6 is 0 Å². The first-order valence-electron chi connectivity index (χ1n) is 9.42. The van der Waals surface area contributed by atoms with Crippen LogP contribution in [-0.2, 0) is 0 Å². The lowest BCUT2D eigenvalue weighted by molar-refractivity contribution is 0.0980. The minimum absolute atomic E-state index is 0.193. The zero-order valence-corrected chi connectivity index (χ0v) is 15.8. The van der Waals surface area contributed by atoms with Gasteiger partial charge in [-0.1, -0.05) is 24.3 Å². The molecule has 6 nitrogen and oxygen atoms in total. The molecule has 1 aliphatic rings. The van der Waals surface area contributed by atoms with Crippen LogP contribution in [-0.4, -0.2) is 21.5 Å². The lowest BCUT2D eigenvalue weighted by Gasteiger charge is -2.23. The Balaban J connectivity index is 1.69. The monoisotopic (exact) mass is 392 g/mol. The van der Waals surface area contributed by atoms with Crippen LogP contribution in [0.25, 0.3) is 0 Å². The molecule has 30 heavy (non-hydrogen) atoms. The molecule has 144 valence electrons. The number of fused-ring (bicyclic) bond motifs is 2. The van der Waals surface area contributed by atoms with Gasteiger partial charge in [-0.05, 0) is 36.4 Å². The Hall–Kier alpha value is -4.32. The van der Waals surface area contributed by atoms with Gasteiger partial charge < -0.3 is 10.6 Å². The lowest BCUT2D eigenvalue weighted by Crippen LogP contribution is -2.23. The number of nitrogens with one attached hydrogen (secondary N) is 2. The van der Waals surface area contributed by atoms with Crippen molar-refractivity contribution in [1.29, 1.82) is 0 Å². The molecule has 1 aliphatic carbocycles. The predicted octanol–water partition coefficient (Wildman–Crippen LogP) is 4.74. The van der Waals surface area contributed by atoms with Crippen LogP contribution in [0.3, 0.4) is 0 Å². The smallest absolute Gasteiger partial charge is 0.196 e. The minimum atomic E-state index is -0.193. The molecule has 0 bridgehead atoms. The van der Waals surface area contributed by atoms with E-state index in [2.05, 4.69) is 20.6 Å². The Kier molecular flexibility index (Phi) is 4.29.